The van der Waals surface area contributed by atoms with Crippen molar-refractivity contribution in [3.63, 3.8) is 0 Å². The van der Waals surface area contributed by atoms with E-state index in [-0.39, 0.29) is 17.9 Å². The Balaban J connectivity index is 1.73. The Kier molecular flexibility index (Phi) is 6.71. The SMILES string of the molecule is COc1ccc(/C=C/C(=O)Nc2ccccc2C(=O)O)cc1OCc1c(C)noc1C. The van der Waals surface area contributed by atoms with Crippen LogP contribution in [0.15, 0.2) is 53.1 Å². The number of carboxylic acids is 1. The van der Waals surface area contributed by atoms with Gasteiger partial charge in [0.1, 0.15) is 12.4 Å². The zero-order chi connectivity index (χ0) is 22.4. The van der Waals surface area contributed by atoms with Crippen LogP contribution in [0.2, 0.25) is 0 Å². The smallest absolute Gasteiger partial charge is 0.337 e. The predicted molar refractivity (Wildman–Crippen MR) is 114 cm³/mol. The second kappa shape index (κ2) is 9.62. The number of rotatable bonds is 8. The first-order valence-electron chi connectivity index (χ1n) is 9.43. The van der Waals surface area contributed by atoms with Crippen LogP contribution in [0.5, 0.6) is 11.5 Å². The fraction of sp³-hybridized carbons (Fsp3) is 0.174. The van der Waals surface area contributed by atoms with Crippen molar-refractivity contribution in [2.75, 3.05) is 12.4 Å². The van der Waals surface area contributed by atoms with Crippen molar-refractivity contribution in [2.24, 2.45) is 0 Å². The van der Waals surface area contributed by atoms with E-state index in [4.69, 9.17) is 14.0 Å². The largest absolute Gasteiger partial charge is 0.493 e. The number of aryl methyl sites for hydroxylation is 2. The predicted octanol–water partition coefficient (Wildman–Crippen LogP) is 4.23. The van der Waals surface area contributed by atoms with Crippen molar-refractivity contribution in [3.8, 4) is 11.5 Å². The normalized spacial score (nSPS) is 10.8. The summed E-state index contributed by atoms with van der Waals surface area (Å²) in [5.74, 6) is 0.161. The zero-order valence-electron chi connectivity index (χ0n) is 17.3. The van der Waals surface area contributed by atoms with E-state index in [0.29, 0.717) is 22.8 Å². The minimum Gasteiger partial charge on any atom is -0.493 e. The number of anilines is 1. The Bertz CT molecular complexity index is 1110. The number of hydrogen-bond acceptors (Lipinski definition) is 6. The molecule has 1 amide bonds. The van der Waals surface area contributed by atoms with Crippen molar-refractivity contribution in [3.05, 3.63) is 76.7 Å². The van der Waals surface area contributed by atoms with E-state index in [1.807, 2.05) is 13.8 Å². The number of carboxylic acid groups (broad SMARTS) is 1. The molecule has 3 aromatic rings. The summed E-state index contributed by atoms with van der Waals surface area (Å²) in [6, 6.07) is 11.5. The standard InChI is InChI=1S/C23H22N2O6/c1-14-18(15(2)31-25-14)13-30-21-12-16(8-10-20(21)29-3)9-11-22(26)24-19-7-5-4-6-17(19)23(27)28/h4-12H,13H2,1-3H3,(H,24,26)(H,27,28)/b11-9+. The van der Waals surface area contributed by atoms with Gasteiger partial charge in [-0.05, 0) is 49.8 Å². The van der Waals surface area contributed by atoms with Crippen molar-refractivity contribution >= 4 is 23.6 Å². The molecule has 0 unspecified atom stereocenters. The molecule has 8 nitrogen and oxygen atoms in total. The van der Waals surface area contributed by atoms with Gasteiger partial charge in [-0.2, -0.15) is 0 Å². The molecule has 8 heteroatoms. The van der Waals surface area contributed by atoms with Gasteiger partial charge in [-0.1, -0.05) is 23.4 Å². The van der Waals surface area contributed by atoms with Gasteiger partial charge in [-0.3, -0.25) is 4.79 Å². The number of ether oxygens (including phenoxy) is 2. The molecule has 0 aliphatic rings. The molecule has 0 saturated heterocycles. The van der Waals surface area contributed by atoms with Crippen LogP contribution in [0.1, 0.15) is 32.9 Å². The molecule has 3 rings (SSSR count). The lowest BCUT2D eigenvalue weighted by Crippen LogP contribution is -2.11. The lowest BCUT2D eigenvalue weighted by atomic mass is 10.1. The van der Waals surface area contributed by atoms with Gasteiger partial charge >= 0.3 is 5.97 Å². The molecule has 0 radical (unpaired) electrons. The summed E-state index contributed by atoms with van der Waals surface area (Å²) < 4.78 is 16.4. The van der Waals surface area contributed by atoms with Gasteiger partial charge in [0.05, 0.1) is 29.6 Å². The summed E-state index contributed by atoms with van der Waals surface area (Å²) in [6.07, 6.45) is 2.92. The topological polar surface area (TPSA) is 111 Å². The Morgan fingerprint density at radius 2 is 1.94 bits per heavy atom. The number of amides is 1. The van der Waals surface area contributed by atoms with Crippen LogP contribution in [-0.2, 0) is 11.4 Å². The molecular formula is C23H22N2O6. The van der Waals surface area contributed by atoms with Gasteiger partial charge in [0.15, 0.2) is 11.5 Å². The van der Waals surface area contributed by atoms with Crippen molar-refractivity contribution in [1.29, 1.82) is 0 Å². The van der Waals surface area contributed by atoms with Gasteiger partial charge in [0.2, 0.25) is 5.91 Å². The first-order chi connectivity index (χ1) is 14.9. The number of carbonyl (C=O) groups is 2. The fourth-order valence-electron chi connectivity index (χ4n) is 2.89. The minimum atomic E-state index is -1.12. The number of nitrogens with zero attached hydrogens (tertiary/aromatic N) is 1. The molecule has 0 saturated carbocycles. The molecule has 1 aromatic heterocycles. The number of aromatic nitrogens is 1. The molecule has 0 aliphatic carbocycles. The number of hydrogen-bond donors (Lipinski definition) is 2. The van der Waals surface area contributed by atoms with Crippen LogP contribution in [-0.4, -0.2) is 29.2 Å². The van der Waals surface area contributed by atoms with E-state index in [2.05, 4.69) is 10.5 Å². The summed E-state index contributed by atoms with van der Waals surface area (Å²) in [6.45, 7) is 3.92. The first kappa shape index (κ1) is 21.6. The van der Waals surface area contributed by atoms with Crippen molar-refractivity contribution < 1.29 is 28.7 Å². The highest BCUT2D eigenvalue weighted by atomic mass is 16.5. The third-order valence-corrected chi connectivity index (χ3v) is 4.58. The number of carbonyl (C=O) groups excluding carboxylic acids is 1. The molecule has 160 valence electrons. The average molecular weight is 422 g/mol. The molecular weight excluding hydrogens is 400 g/mol. The second-order valence-electron chi connectivity index (χ2n) is 6.68. The molecule has 2 aromatic carbocycles. The summed E-state index contributed by atoms with van der Waals surface area (Å²) in [7, 11) is 1.54. The summed E-state index contributed by atoms with van der Waals surface area (Å²) >= 11 is 0. The van der Waals surface area contributed by atoms with E-state index >= 15 is 0 Å². The maximum Gasteiger partial charge on any atom is 0.337 e. The summed E-state index contributed by atoms with van der Waals surface area (Å²) in [5.41, 5.74) is 2.56. The van der Waals surface area contributed by atoms with Gasteiger partial charge in [-0.25, -0.2) is 4.79 Å². The molecule has 0 spiro atoms. The highest BCUT2D eigenvalue weighted by molar-refractivity contribution is 6.06. The maximum absolute atomic E-state index is 12.3. The first-order valence-corrected chi connectivity index (χ1v) is 9.43. The Morgan fingerprint density at radius 1 is 1.16 bits per heavy atom. The minimum absolute atomic E-state index is 0.0173. The molecule has 0 atom stereocenters. The highest BCUT2D eigenvalue weighted by Gasteiger charge is 2.13. The lowest BCUT2D eigenvalue weighted by Gasteiger charge is -2.11. The molecule has 1 heterocycles. The van der Waals surface area contributed by atoms with Crippen LogP contribution < -0.4 is 14.8 Å². The monoisotopic (exact) mass is 422 g/mol. The maximum atomic E-state index is 12.3. The molecule has 2 N–H and O–H groups in total. The number of methoxy groups -OCH3 is 1. The number of para-hydroxylation sites is 1. The fourth-order valence-corrected chi connectivity index (χ4v) is 2.89. The Morgan fingerprint density at radius 3 is 2.61 bits per heavy atom. The van der Waals surface area contributed by atoms with E-state index in [1.165, 1.54) is 18.2 Å². The summed E-state index contributed by atoms with van der Waals surface area (Å²) in [4.78, 5) is 23.5. The van der Waals surface area contributed by atoms with Crippen LogP contribution in [0.3, 0.4) is 0 Å². The third-order valence-electron chi connectivity index (χ3n) is 4.58. The van der Waals surface area contributed by atoms with E-state index < -0.39 is 11.9 Å². The van der Waals surface area contributed by atoms with E-state index in [0.717, 1.165) is 11.3 Å². The van der Waals surface area contributed by atoms with Crippen molar-refractivity contribution in [1.82, 2.24) is 5.16 Å². The lowest BCUT2D eigenvalue weighted by molar-refractivity contribution is -0.111. The second-order valence-corrected chi connectivity index (χ2v) is 6.68. The summed E-state index contributed by atoms with van der Waals surface area (Å²) in [5, 5.41) is 15.7. The van der Waals surface area contributed by atoms with E-state index in [9.17, 15) is 14.7 Å². The van der Waals surface area contributed by atoms with Gasteiger partial charge in [0, 0.05) is 6.08 Å². The quantitative estimate of drug-likeness (QED) is 0.523. The van der Waals surface area contributed by atoms with Crippen LogP contribution in [0.4, 0.5) is 5.69 Å². The van der Waals surface area contributed by atoms with Gasteiger partial charge in [0.25, 0.3) is 0 Å². The Hall–Kier alpha value is -4.07. The molecule has 31 heavy (non-hydrogen) atoms. The number of benzene rings is 2. The number of nitrogens with one attached hydrogen (secondary N) is 1. The highest BCUT2D eigenvalue weighted by Crippen LogP contribution is 2.30. The zero-order valence-corrected chi connectivity index (χ0v) is 17.3. The number of aromatic carboxylic acids is 1. The van der Waals surface area contributed by atoms with Crippen molar-refractivity contribution in [2.45, 2.75) is 20.5 Å². The van der Waals surface area contributed by atoms with Gasteiger partial charge in [-0.15, -0.1) is 0 Å². The van der Waals surface area contributed by atoms with Crippen LogP contribution in [0, 0.1) is 13.8 Å². The third kappa shape index (κ3) is 5.30. The van der Waals surface area contributed by atoms with E-state index in [1.54, 1.807) is 43.5 Å². The average Bonchev–Trinajstić information content (AvgIpc) is 3.08. The molecule has 0 aliphatic heterocycles. The Labute approximate surface area is 179 Å². The van der Waals surface area contributed by atoms with Crippen LogP contribution >= 0.6 is 0 Å². The van der Waals surface area contributed by atoms with Gasteiger partial charge < -0.3 is 24.4 Å². The van der Waals surface area contributed by atoms with Crippen LogP contribution in [0.25, 0.3) is 6.08 Å². The molecule has 0 bridgehead atoms. The molecule has 0 fully saturated rings.